The third-order valence-corrected chi connectivity index (χ3v) is 0.330. The number of hydrogen-bond acceptors (Lipinski definition) is 3. The molecule has 0 fully saturated rings. The molecular weight excluding hydrogens is 98.0 g/mol. The zero-order valence-corrected chi connectivity index (χ0v) is 3.51. The van der Waals surface area contributed by atoms with E-state index in [1.807, 2.05) is 5.32 Å². The van der Waals surface area contributed by atoms with E-state index >= 15 is 0 Å². The van der Waals surface area contributed by atoms with Crippen molar-refractivity contribution in [3.63, 3.8) is 0 Å². The third-order valence-electron chi connectivity index (χ3n) is 0.330. The molecule has 0 bridgehead atoms. The minimum atomic E-state index is -1.29. The van der Waals surface area contributed by atoms with Crippen molar-refractivity contribution < 1.29 is 14.7 Å². The molecule has 0 spiro atoms. The van der Waals surface area contributed by atoms with E-state index in [-0.39, 0.29) is 0 Å². The highest BCUT2D eigenvalue weighted by Crippen LogP contribution is 1.45. The molecule has 0 aromatic rings. The topological polar surface area (TPSA) is 69.2 Å². The molecule has 0 heterocycles. The van der Waals surface area contributed by atoms with E-state index in [0.29, 0.717) is 6.41 Å². The van der Waals surface area contributed by atoms with Gasteiger partial charge in [0.1, 0.15) is 0 Å². The summed E-state index contributed by atoms with van der Waals surface area (Å²) >= 11 is 0. The summed E-state index contributed by atoms with van der Waals surface area (Å²) in [5.74, 6) is -1.29. The Morgan fingerprint density at radius 2 is 2.43 bits per heavy atom. The molecule has 0 aliphatic carbocycles. The Bertz CT molecular complexity index is 80.2. The molecule has 0 aromatic carbocycles. The third kappa shape index (κ3) is 4.94. The second-order valence-electron chi connectivity index (χ2n) is 0.871. The van der Waals surface area contributed by atoms with Crippen LogP contribution in [0, 0.1) is 0 Å². The Morgan fingerprint density at radius 3 is 2.57 bits per heavy atom. The molecule has 1 amide bonds. The first-order chi connectivity index (χ1) is 3.27. The van der Waals surface area contributed by atoms with Gasteiger partial charge in [-0.05, 0) is 0 Å². The highest BCUT2D eigenvalue weighted by atomic mass is 16.4. The first-order valence-electron chi connectivity index (χ1n) is 1.64. The Labute approximate surface area is 40.1 Å². The fourth-order valence-corrected chi connectivity index (χ4v) is 0.125. The van der Waals surface area contributed by atoms with Crippen LogP contribution in [0.15, 0.2) is 0 Å². The minimum absolute atomic E-state index is 0.301. The Hall–Kier alpha value is -1.06. The first kappa shape index (κ1) is 5.94. The van der Waals surface area contributed by atoms with Gasteiger partial charge in [0.2, 0.25) is 6.41 Å². The fourth-order valence-electron chi connectivity index (χ4n) is 0.125. The van der Waals surface area contributed by atoms with Crippen molar-refractivity contribution in [1.82, 2.24) is 5.32 Å². The van der Waals surface area contributed by atoms with Crippen LogP contribution in [0.1, 0.15) is 0 Å². The molecule has 40 valence electrons. The summed E-state index contributed by atoms with van der Waals surface area (Å²) in [4.78, 5) is 18.7. The van der Waals surface area contributed by atoms with Gasteiger partial charge in [-0.3, -0.25) is 4.79 Å². The summed E-state index contributed by atoms with van der Waals surface area (Å²) in [6.45, 7) is -0.413. The lowest BCUT2D eigenvalue weighted by Gasteiger charge is -1.95. The minimum Gasteiger partial charge on any atom is -0.548 e. The van der Waals surface area contributed by atoms with Crippen LogP contribution in [0.3, 0.4) is 0 Å². The van der Waals surface area contributed by atoms with Crippen LogP contribution >= 0.6 is 0 Å². The first-order valence-corrected chi connectivity index (χ1v) is 1.64. The molecule has 0 saturated carbocycles. The van der Waals surface area contributed by atoms with E-state index in [1.54, 1.807) is 0 Å². The number of carboxylic acid groups (broad SMARTS) is 1. The quantitative estimate of drug-likeness (QED) is 0.400. The van der Waals surface area contributed by atoms with Crippen LogP contribution < -0.4 is 10.4 Å². The lowest BCUT2D eigenvalue weighted by molar-refractivity contribution is -0.303. The number of rotatable bonds is 3. The summed E-state index contributed by atoms with van der Waals surface area (Å²) in [7, 11) is 0. The highest BCUT2D eigenvalue weighted by molar-refractivity contribution is 5.69. The van der Waals surface area contributed by atoms with Crippen molar-refractivity contribution in [1.29, 1.82) is 0 Å². The number of carbonyl (C=O) groups excluding carboxylic acids is 2. The number of carbonyl (C=O) groups is 2. The maximum absolute atomic E-state index is 9.43. The van der Waals surface area contributed by atoms with Crippen LogP contribution in [0.25, 0.3) is 0 Å². The lowest BCUT2D eigenvalue weighted by atomic mass is 10.7. The van der Waals surface area contributed by atoms with Crippen LogP contribution in [-0.2, 0) is 9.59 Å². The van der Waals surface area contributed by atoms with Crippen molar-refractivity contribution in [2.45, 2.75) is 0 Å². The van der Waals surface area contributed by atoms with Gasteiger partial charge in [0.05, 0.1) is 12.5 Å². The smallest absolute Gasteiger partial charge is 0.207 e. The van der Waals surface area contributed by atoms with Crippen LogP contribution in [0.4, 0.5) is 0 Å². The zero-order valence-electron chi connectivity index (χ0n) is 3.51. The standard InChI is InChI=1S/C3H5NO3/c5-2-4-1-3(6)7/h2H,1H2,(H,4,5)(H,6,7)/p-1. The number of nitrogens with one attached hydrogen (secondary N) is 1. The Morgan fingerprint density at radius 1 is 1.86 bits per heavy atom. The van der Waals surface area contributed by atoms with Gasteiger partial charge in [-0.25, -0.2) is 0 Å². The predicted molar refractivity (Wildman–Crippen MR) is 19.1 cm³/mol. The zero-order chi connectivity index (χ0) is 5.70. The Balaban J connectivity index is 2.97. The average Bonchev–Trinajstić information content (AvgIpc) is 1.61. The molecule has 1 N–H and O–H groups in total. The summed E-state index contributed by atoms with van der Waals surface area (Å²) in [6, 6.07) is 0. The van der Waals surface area contributed by atoms with E-state index < -0.39 is 12.5 Å². The molecule has 0 saturated heterocycles. The van der Waals surface area contributed by atoms with Crippen molar-refractivity contribution in [2.75, 3.05) is 6.54 Å². The average molecular weight is 102 g/mol. The predicted octanol–water partition coefficient (Wildman–Crippen LogP) is -2.52. The number of carboxylic acids is 1. The van der Waals surface area contributed by atoms with Gasteiger partial charge in [0.25, 0.3) is 0 Å². The SMILES string of the molecule is O=CNCC(=O)[O-]. The van der Waals surface area contributed by atoms with Crippen LogP contribution in [-0.4, -0.2) is 18.9 Å². The monoisotopic (exact) mass is 102 g/mol. The van der Waals surface area contributed by atoms with Crippen LogP contribution in [0.2, 0.25) is 0 Å². The van der Waals surface area contributed by atoms with E-state index in [1.165, 1.54) is 0 Å². The van der Waals surface area contributed by atoms with Gasteiger partial charge in [0, 0.05) is 0 Å². The molecule has 0 aromatic heterocycles. The van der Waals surface area contributed by atoms with E-state index in [9.17, 15) is 14.7 Å². The van der Waals surface area contributed by atoms with Crippen molar-refractivity contribution in [2.24, 2.45) is 0 Å². The normalized spacial score (nSPS) is 7.43. The molecule has 4 heteroatoms. The van der Waals surface area contributed by atoms with Crippen molar-refractivity contribution >= 4 is 12.4 Å². The highest BCUT2D eigenvalue weighted by Gasteiger charge is 1.76. The molecule has 4 nitrogen and oxygen atoms in total. The molecule has 0 aliphatic rings. The second-order valence-corrected chi connectivity index (χ2v) is 0.871. The summed E-state index contributed by atoms with van der Waals surface area (Å²) < 4.78 is 0. The van der Waals surface area contributed by atoms with Gasteiger partial charge < -0.3 is 15.2 Å². The summed E-state index contributed by atoms with van der Waals surface area (Å²) in [5, 5.41) is 11.3. The summed E-state index contributed by atoms with van der Waals surface area (Å²) in [6.07, 6.45) is 0.301. The van der Waals surface area contributed by atoms with Crippen molar-refractivity contribution in [3.8, 4) is 0 Å². The Kier molecular flexibility index (Phi) is 2.67. The van der Waals surface area contributed by atoms with E-state index in [0.717, 1.165) is 0 Å². The maximum atomic E-state index is 9.43. The van der Waals surface area contributed by atoms with Gasteiger partial charge in [-0.1, -0.05) is 0 Å². The molecule has 0 unspecified atom stereocenters. The van der Waals surface area contributed by atoms with E-state index in [2.05, 4.69) is 0 Å². The van der Waals surface area contributed by atoms with E-state index in [4.69, 9.17) is 0 Å². The molecule has 0 rings (SSSR count). The maximum Gasteiger partial charge on any atom is 0.207 e. The van der Waals surface area contributed by atoms with Gasteiger partial charge in [-0.15, -0.1) is 0 Å². The molecule has 0 radical (unpaired) electrons. The van der Waals surface area contributed by atoms with Crippen LogP contribution in [0.5, 0.6) is 0 Å². The van der Waals surface area contributed by atoms with Gasteiger partial charge in [-0.2, -0.15) is 0 Å². The van der Waals surface area contributed by atoms with Crippen molar-refractivity contribution in [3.05, 3.63) is 0 Å². The lowest BCUT2D eigenvalue weighted by Crippen LogP contribution is -2.33. The molecular formula is C3H4NO3-. The van der Waals surface area contributed by atoms with Gasteiger partial charge in [0.15, 0.2) is 0 Å². The second kappa shape index (κ2) is 3.14. The summed E-state index contributed by atoms with van der Waals surface area (Å²) in [5.41, 5.74) is 0. The molecule has 7 heavy (non-hydrogen) atoms. The fraction of sp³-hybridized carbons (Fsp3) is 0.333. The number of amides is 1. The number of hydrogen-bond donors (Lipinski definition) is 1. The largest absolute Gasteiger partial charge is 0.548 e. The van der Waals surface area contributed by atoms with Gasteiger partial charge >= 0.3 is 0 Å². The number of aliphatic carboxylic acids is 1. The molecule has 0 atom stereocenters. The molecule has 0 aliphatic heterocycles.